The molecule has 6 nitrogen and oxygen atoms in total. The molecule has 0 aromatic heterocycles. The average molecular weight is 191 g/mol. The Bertz CT molecular complexity index is 201. The quantitative estimate of drug-likeness (QED) is 0.393. The molecule has 0 aromatic carbocycles. The fraction of sp³-hybridized carbons (Fsp3) is 0.714. The van der Waals surface area contributed by atoms with E-state index in [-0.39, 0.29) is 6.61 Å². The number of rotatable bonds is 3. The van der Waals surface area contributed by atoms with Gasteiger partial charge < -0.3 is 14.2 Å². The molecule has 0 aromatic rings. The lowest BCUT2D eigenvalue weighted by Crippen LogP contribution is -2.44. The highest BCUT2D eigenvalue weighted by atomic mass is 16.8. The minimum Gasteiger partial charge on any atom is -0.388 e. The highest BCUT2D eigenvalue weighted by Crippen LogP contribution is 2.05. The van der Waals surface area contributed by atoms with E-state index in [9.17, 15) is 9.59 Å². The average Bonchev–Trinajstić information content (AvgIpc) is 1.81. The molecule has 0 spiro atoms. The van der Waals surface area contributed by atoms with Crippen molar-refractivity contribution >= 4 is 12.1 Å². The van der Waals surface area contributed by atoms with Crippen LogP contribution in [0.5, 0.6) is 0 Å². The Hall–Kier alpha value is -1.14. The normalized spacial score (nSPS) is 14.5. The Labute approximate surface area is 75.9 Å². The van der Waals surface area contributed by atoms with Crippen molar-refractivity contribution < 1.29 is 23.8 Å². The van der Waals surface area contributed by atoms with E-state index in [0.717, 1.165) is 6.92 Å². The first-order chi connectivity index (χ1) is 5.87. The van der Waals surface area contributed by atoms with Crippen LogP contribution in [0.3, 0.4) is 0 Å². The molecule has 2 N–H and O–H groups in total. The summed E-state index contributed by atoms with van der Waals surface area (Å²) in [6.45, 7) is 4.37. The smallest absolute Gasteiger partial charge is 0.388 e. The van der Waals surface area contributed by atoms with Crippen molar-refractivity contribution in [2.24, 2.45) is 5.73 Å². The molecule has 1 unspecified atom stereocenters. The van der Waals surface area contributed by atoms with Crippen LogP contribution in [-0.4, -0.2) is 24.6 Å². The molecule has 0 fully saturated rings. The van der Waals surface area contributed by atoms with Crippen LogP contribution in [0.2, 0.25) is 0 Å². The van der Waals surface area contributed by atoms with Crippen molar-refractivity contribution in [1.82, 2.24) is 0 Å². The van der Waals surface area contributed by atoms with Gasteiger partial charge in [-0.2, -0.15) is 0 Å². The molecule has 0 aliphatic rings. The summed E-state index contributed by atoms with van der Waals surface area (Å²) in [5.74, 6) is -2.33. The Balaban J connectivity index is 3.96. The highest BCUT2D eigenvalue weighted by Gasteiger charge is 2.25. The van der Waals surface area contributed by atoms with Crippen LogP contribution >= 0.6 is 0 Å². The summed E-state index contributed by atoms with van der Waals surface area (Å²) in [5.41, 5.74) is 5.35. The summed E-state index contributed by atoms with van der Waals surface area (Å²) in [7, 11) is 0. The van der Waals surface area contributed by atoms with Gasteiger partial charge >= 0.3 is 12.1 Å². The fourth-order valence-electron chi connectivity index (χ4n) is 0.620. The maximum absolute atomic E-state index is 10.7. The predicted molar refractivity (Wildman–Crippen MR) is 42.5 cm³/mol. The molecule has 1 atom stereocenters. The van der Waals surface area contributed by atoms with Crippen molar-refractivity contribution in [3.05, 3.63) is 0 Å². The highest BCUT2D eigenvalue weighted by molar-refractivity contribution is 5.80. The lowest BCUT2D eigenvalue weighted by molar-refractivity contribution is -0.195. The van der Waals surface area contributed by atoms with Gasteiger partial charge in [-0.05, 0) is 6.92 Å². The van der Waals surface area contributed by atoms with Gasteiger partial charge in [-0.15, -0.1) is 0 Å². The minimum atomic E-state index is -1.57. The SMILES string of the molecule is CCOC(C)(N)OC(=O)OC(C)=O. The molecule has 76 valence electrons. The number of esters is 1. The van der Waals surface area contributed by atoms with E-state index < -0.39 is 18.0 Å². The van der Waals surface area contributed by atoms with Gasteiger partial charge in [-0.1, -0.05) is 0 Å². The van der Waals surface area contributed by atoms with E-state index in [0.29, 0.717) is 0 Å². The van der Waals surface area contributed by atoms with Gasteiger partial charge in [0.1, 0.15) is 0 Å². The summed E-state index contributed by atoms with van der Waals surface area (Å²) in [6, 6.07) is 0. The summed E-state index contributed by atoms with van der Waals surface area (Å²) >= 11 is 0. The molecule has 0 heterocycles. The molecule has 0 aliphatic carbocycles. The maximum Gasteiger partial charge on any atom is 0.519 e. The molecule has 0 saturated carbocycles. The molecule has 0 radical (unpaired) electrons. The third-order valence-electron chi connectivity index (χ3n) is 0.944. The second kappa shape index (κ2) is 4.78. The van der Waals surface area contributed by atoms with E-state index in [1.54, 1.807) is 6.92 Å². The Morgan fingerprint density at radius 1 is 1.46 bits per heavy atom. The van der Waals surface area contributed by atoms with E-state index in [4.69, 9.17) is 10.5 Å². The lowest BCUT2D eigenvalue weighted by atomic mass is 10.6. The van der Waals surface area contributed by atoms with Crippen molar-refractivity contribution in [2.75, 3.05) is 6.61 Å². The first-order valence-electron chi connectivity index (χ1n) is 3.71. The molecule has 0 aliphatic heterocycles. The Morgan fingerprint density at radius 2 is 2.00 bits per heavy atom. The van der Waals surface area contributed by atoms with Crippen LogP contribution in [0.1, 0.15) is 20.8 Å². The molecule has 0 rings (SSSR count). The van der Waals surface area contributed by atoms with E-state index >= 15 is 0 Å². The zero-order chi connectivity index (χ0) is 10.5. The molecule has 13 heavy (non-hydrogen) atoms. The molecular weight excluding hydrogens is 178 g/mol. The number of hydrogen-bond donors (Lipinski definition) is 1. The van der Waals surface area contributed by atoms with E-state index in [2.05, 4.69) is 9.47 Å². The molecule has 0 amide bonds. The standard InChI is InChI=1S/C7H13NO5/c1-4-11-7(3,8)13-6(10)12-5(2)9/h4,8H2,1-3H3. The minimum absolute atomic E-state index is 0.278. The van der Waals surface area contributed by atoms with E-state index in [1.165, 1.54) is 6.92 Å². The van der Waals surface area contributed by atoms with Crippen molar-refractivity contribution in [1.29, 1.82) is 0 Å². The van der Waals surface area contributed by atoms with Crippen LogP contribution < -0.4 is 5.73 Å². The second-order valence-corrected chi connectivity index (χ2v) is 2.39. The van der Waals surface area contributed by atoms with Crippen LogP contribution in [0, 0.1) is 0 Å². The Kier molecular flexibility index (Phi) is 4.36. The number of carbonyl (C=O) groups is 2. The van der Waals surface area contributed by atoms with Crippen LogP contribution in [0.4, 0.5) is 4.79 Å². The zero-order valence-corrected chi connectivity index (χ0v) is 7.83. The van der Waals surface area contributed by atoms with Gasteiger partial charge in [0.25, 0.3) is 5.91 Å². The van der Waals surface area contributed by atoms with Gasteiger partial charge in [0.05, 0.1) is 0 Å². The summed E-state index contributed by atoms with van der Waals surface area (Å²) in [5, 5.41) is 0. The van der Waals surface area contributed by atoms with Crippen LogP contribution in [0.15, 0.2) is 0 Å². The van der Waals surface area contributed by atoms with Crippen LogP contribution in [-0.2, 0) is 19.0 Å². The third-order valence-corrected chi connectivity index (χ3v) is 0.944. The summed E-state index contributed by atoms with van der Waals surface area (Å²) in [6.07, 6.45) is -1.18. The zero-order valence-electron chi connectivity index (χ0n) is 7.83. The first-order valence-corrected chi connectivity index (χ1v) is 3.71. The maximum atomic E-state index is 10.7. The monoisotopic (exact) mass is 191 g/mol. The van der Waals surface area contributed by atoms with Crippen molar-refractivity contribution in [2.45, 2.75) is 26.7 Å². The fourth-order valence-corrected chi connectivity index (χ4v) is 0.620. The number of hydrogen-bond acceptors (Lipinski definition) is 6. The lowest BCUT2D eigenvalue weighted by Gasteiger charge is -2.22. The molecular formula is C7H13NO5. The molecule has 0 saturated heterocycles. The molecule has 0 bridgehead atoms. The molecule has 6 heteroatoms. The third kappa shape index (κ3) is 6.06. The first kappa shape index (κ1) is 11.9. The van der Waals surface area contributed by atoms with E-state index in [1.807, 2.05) is 0 Å². The summed E-state index contributed by atoms with van der Waals surface area (Å²) in [4.78, 5) is 21.0. The van der Waals surface area contributed by atoms with Gasteiger partial charge in [-0.25, -0.2) is 4.79 Å². The van der Waals surface area contributed by atoms with Crippen molar-refractivity contribution in [3.8, 4) is 0 Å². The number of carbonyl (C=O) groups excluding carboxylic acids is 2. The van der Waals surface area contributed by atoms with Crippen molar-refractivity contribution in [3.63, 3.8) is 0 Å². The van der Waals surface area contributed by atoms with Gasteiger partial charge in [0.2, 0.25) is 0 Å². The van der Waals surface area contributed by atoms with Gasteiger partial charge in [0.15, 0.2) is 0 Å². The van der Waals surface area contributed by atoms with Gasteiger partial charge in [0, 0.05) is 20.5 Å². The largest absolute Gasteiger partial charge is 0.519 e. The second-order valence-electron chi connectivity index (χ2n) is 2.39. The number of nitrogens with two attached hydrogens (primary N) is 1. The topological polar surface area (TPSA) is 87.8 Å². The van der Waals surface area contributed by atoms with Gasteiger partial charge in [-0.3, -0.25) is 10.5 Å². The van der Waals surface area contributed by atoms with Crippen LogP contribution in [0.25, 0.3) is 0 Å². The predicted octanol–water partition coefficient (Wildman–Crippen LogP) is 0.355. The summed E-state index contributed by atoms with van der Waals surface area (Å²) < 4.78 is 13.4. The number of ether oxygens (including phenoxy) is 3. The Morgan fingerprint density at radius 3 is 2.38 bits per heavy atom.